The monoisotopic (exact) mass is 822 g/mol. The summed E-state index contributed by atoms with van der Waals surface area (Å²) in [7, 11) is 0. The molecule has 0 spiro atoms. The Labute approximate surface area is 306 Å². The van der Waals surface area contributed by atoms with E-state index in [-0.39, 0.29) is 58.3 Å². The third kappa shape index (κ3) is 6.20. The smallest absolute Gasteiger partial charge is 0.411 e. The molecule has 2 aliphatic heterocycles. The highest BCUT2D eigenvalue weighted by molar-refractivity contribution is 6.29. The van der Waals surface area contributed by atoms with Crippen LogP contribution >= 0.6 is 0 Å². The number of carbonyl (C=O) groups is 4. The normalized spacial score (nSPS) is 14.8. The second kappa shape index (κ2) is 13.8. The van der Waals surface area contributed by atoms with Gasteiger partial charge in [0, 0.05) is 24.3 Å². The van der Waals surface area contributed by atoms with Crippen molar-refractivity contribution in [3.8, 4) is 23.0 Å². The van der Waals surface area contributed by atoms with Gasteiger partial charge >= 0.3 is 12.4 Å². The van der Waals surface area contributed by atoms with E-state index in [1.54, 1.807) is 0 Å². The van der Waals surface area contributed by atoms with Crippen LogP contribution in [0.15, 0.2) is 72.8 Å². The summed E-state index contributed by atoms with van der Waals surface area (Å²) in [5.41, 5.74) is -11.9. The molecule has 0 unspecified atom stereocenters. The predicted molar refractivity (Wildman–Crippen MR) is 162 cm³/mol. The van der Waals surface area contributed by atoms with Crippen molar-refractivity contribution < 1.29 is 90.1 Å². The van der Waals surface area contributed by atoms with Crippen molar-refractivity contribution in [1.29, 1.82) is 0 Å². The lowest BCUT2D eigenvalue weighted by Gasteiger charge is -2.38. The molecule has 2 heterocycles. The van der Waals surface area contributed by atoms with Crippen LogP contribution in [0.4, 0.5) is 72.8 Å². The highest BCUT2D eigenvalue weighted by atomic mass is 19.4. The van der Waals surface area contributed by atoms with Gasteiger partial charge in [0.25, 0.3) is 23.6 Å². The van der Waals surface area contributed by atoms with Crippen LogP contribution in [0.5, 0.6) is 23.0 Å². The van der Waals surface area contributed by atoms with E-state index in [2.05, 4.69) is 0 Å². The van der Waals surface area contributed by atoms with Crippen molar-refractivity contribution in [2.24, 2.45) is 0 Å². The molecule has 0 aromatic heterocycles. The van der Waals surface area contributed by atoms with Crippen LogP contribution in [0.3, 0.4) is 0 Å². The van der Waals surface area contributed by atoms with Gasteiger partial charge in [-0.3, -0.25) is 19.2 Å². The molecule has 0 bridgehead atoms. The van der Waals surface area contributed by atoms with Crippen LogP contribution in [-0.2, 0) is 24.6 Å². The average molecular weight is 822 g/mol. The first-order valence-electron chi connectivity index (χ1n) is 15.1. The Balaban J connectivity index is 1.35. The van der Waals surface area contributed by atoms with E-state index in [1.807, 2.05) is 0 Å². The van der Waals surface area contributed by atoms with E-state index < -0.39 is 133 Å². The second-order valence-corrected chi connectivity index (χ2v) is 11.6. The highest BCUT2D eigenvalue weighted by Gasteiger charge is 2.72. The molecule has 4 aromatic rings. The quantitative estimate of drug-likeness (QED) is 0.100. The molecule has 0 radical (unpaired) electrons. The number of halogens is 14. The Bertz CT molecular complexity index is 2200. The molecule has 0 aliphatic carbocycles. The fraction of sp³-hybridized carbons (Fsp3) is 0.0857. The SMILES string of the molecule is O=C1C=CC(=O)N1c1c(F)c(F)c(Oc2ccc(C(c3ccc(Oc4c(F)c(F)c(N5C(=O)C=CC5=O)c(F)c4F)cc3)(C(F)(F)F)C(F)(F)F)cc2)c(F)c1F. The number of anilines is 2. The van der Waals surface area contributed by atoms with E-state index in [4.69, 9.17) is 9.47 Å². The fourth-order valence-corrected chi connectivity index (χ4v) is 5.78. The van der Waals surface area contributed by atoms with Gasteiger partial charge < -0.3 is 9.47 Å². The summed E-state index contributed by atoms with van der Waals surface area (Å²) >= 11 is 0. The lowest BCUT2D eigenvalue weighted by Crippen LogP contribution is -2.54. The highest BCUT2D eigenvalue weighted by Crippen LogP contribution is 2.56. The number of carbonyl (C=O) groups excluding carboxylic acids is 4. The summed E-state index contributed by atoms with van der Waals surface area (Å²) in [5, 5.41) is 0. The molecule has 4 amide bonds. The number of hydrogen-bond acceptors (Lipinski definition) is 6. The zero-order valence-electron chi connectivity index (χ0n) is 27.1. The molecule has 4 aromatic carbocycles. The lowest BCUT2D eigenvalue weighted by atomic mass is 9.73. The summed E-state index contributed by atoms with van der Waals surface area (Å²) in [6.45, 7) is 0. The number of nitrogens with zero attached hydrogens (tertiary/aromatic N) is 2. The fourth-order valence-electron chi connectivity index (χ4n) is 5.78. The Morgan fingerprint density at radius 3 is 0.860 bits per heavy atom. The first-order chi connectivity index (χ1) is 26.5. The molecule has 6 rings (SSSR count). The van der Waals surface area contributed by atoms with Crippen LogP contribution in [-0.4, -0.2) is 36.0 Å². The topological polar surface area (TPSA) is 93.2 Å². The molecule has 22 heteroatoms. The molecule has 0 saturated carbocycles. The molecule has 0 saturated heterocycles. The standard InChI is InChI=1S/C35H12F14N2O6/c36-21-25(40)31(26(41)22(37)29(21)50-17(52)9-10-18(50)53)56-15-5-1-13(2-6-15)33(34(44,45)46,35(47,48)49)14-3-7-16(8-4-14)57-32-27(42)23(38)30(24(39)28(32)43)51-19(54)11-12-20(51)55/h1-12H. The number of alkyl halides is 6. The molecule has 0 atom stereocenters. The number of rotatable bonds is 8. The number of ether oxygens (including phenoxy) is 2. The number of hydrogen-bond donors (Lipinski definition) is 0. The molecule has 2 aliphatic rings. The summed E-state index contributed by atoms with van der Waals surface area (Å²) in [6, 6.07) is 1.57. The first-order valence-corrected chi connectivity index (χ1v) is 15.1. The lowest BCUT2D eigenvalue weighted by molar-refractivity contribution is -0.288. The third-order valence-corrected chi connectivity index (χ3v) is 8.33. The van der Waals surface area contributed by atoms with Gasteiger partial charge in [0.1, 0.15) is 22.9 Å². The van der Waals surface area contributed by atoms with Crippen molar-refractivity contribution in [3.63, 3.8) is 0 Å². The Morgan fingerprint density at radius 2 is 0.632 bits per heavy atom. The molecule has 0 fully saturated rings. The molecular formula is C35H12F14N2O6. The molecule has 296 valence electrons. The second-order valence-electron chi connectivity index (χ2n) is 11.6. The minimum atomic E-state index is -6.30. The first kappa shape index (κ1) is 39.9. The van der Waals surface area contributed by atoms with Crippen molar-refractivity contribution >= 4 is 35.0 Å². The van der Waals surface area contributed by atoms with Crippen molar-refractivity contribution in [1.82, 2.24) is 0 Å². The van der Waals surface area contributed by atoms with Gasteiger partial charge in [-0.2, -0.15) is 43.9 Å². The summed E-state index contributed by atoms with van der Waals surface area (Å²) in [6.07, 6.45) is -10.5. The molecular weight excluding hydrogens is 810 g/mol. The van der Waals surface area contributed by atoms with Crippen LogP contribution < -0.4 is 19.3 Å². The maximum absolute atomic E-state index is 14.9. The minimum absolute atomic E-state index is 0.105. The zero-order chi connectivity index (χ0) is 42.1. The van der Waals surface area contributed by atoms with Crippen LogP contribution in [0.1, 0.15) is 11.1 Å². The summed E-state index contributed by atoms with van der Waals surface area (Å²) < 4.78 is 216. The molecule has 0 N–H and O–H groups in total. The largest absolute Gasteiger partial charge is 0.451 e. The average Bonchev–Trinajstić information content (AvgIpc) is 3.65. The molecule has 8 nitrogen and oxygen atoms in total. The van der Waals surface area contributed by atoms with Gasteiger partial charge in [-0.15, -0.1) is 0 Å². The zero-order valence-corrected chi connectivity index (χ0v) is 27.1. The Kier molecular flexibility index (Phi) is 9.65. The van der Waals surface area contributed by atoms with Gasteiger partial charge in [0.15, 0.2) is 23.3 Å². The Morgan fingerprint density at radius 1 is 0.386 bits per heavy atom. The van der Waals surface area contributed by atoms with Crippen molar-refractivity contribution in [2.45, 2.75) is 17.8 Å². The van der Waals surface area contributed by atoms with Crippen LogP contribution in [0, 0.1) is 46.5 Å². The summed E-state index contributed by atoms with van der Waals surface area (Å²) in [5.74, 6) is -30.2. The van der Waals surface area contributed by atoms with Gasteiger partial charge in [-0.25, -0.2) is 27.4 Å². The van der Waals surface area contributed by atoms with Gasteiger partial charge in [-0.1, -0.05) is 24.3 Å². The van der Waals surface area contributed by atoms with Gasteiger partial charge in [0.05, 0.1) is 0 Å². The van der Waals surface area contributed by atoms with Crippen LogP contribution in [0.2, 0.25) is 0 Å². The third-order valence-electron chi connectivity index (χ3n) is 8.33. The minimum Gasteiger partial charge on any atom is -0.451 e. The van der Waals surface area contributed by atoms with Gasteiger partial charge in [-0.05, 0) is 35.4 Å². The number of amides is 4. The van der Waals surface area contributed by atoms with E-state index in [1.165, 1.54) is 0 Å². The number of imide groups is 2. The predicted octanol–water partition coefficient (Wildman–Crippen LogP) is 8.65. The van der Waals surface area contributed by atoms with Gasteiger partial charge in [0.2, 0.25) is 40.2 Å². The van der Waals surface area contributed by atoms with E-state index >= 15 is 0 Å². The van der Waals surface area contributed by atoms with E-state index in [9.17, 15) is 80.6 Å². The summed E-state index contributed by atoms with van der Waals surface area (Å²) in [4.78, 5) is 46.7. The van der Waals surface area contributed by atoms with E-state index in [0.29, 0.717) is 24.3 Å². The number of benzene rings is 4. The van der Waals surface area contributed by atoms with Crippen molar-refractivity contribution in [2.75, 3.05) is 9.80 Å². The maximum atomic E-state index is 14.9. The maximum Gasteiger partial charge on any atom is 0.411 e. The van der Waals surface area contributed by atoms with Crippen molar-refractivity contribution in [3.05, 3.63) is 130 Å². The van der Waals surface area contributed by atoms with Crippen LogP contribution in [0.25, 0.3) is 0 Å². The Hall–Kier alpha value is -6.74. The molecule has 57 heavy (non-hydrogen) atoms. The van der Waals surface area contributed by atoms with E-state index in [0.717, 1.165) is 0 Å².